The van der Waals surface area contributed by atoms with Gasteiger partial charge in [0.05, 0.1) is 38.4 Å². The number of aliphatic hydroxyl groups excluding tert-OH is 1. The van der Waals surface area contributed by atoms with Crippen LogP contribution in [0.1, 0.15) is 61.8 Å². The highest BCUT2D eigenvalue weighted by molar-refractivity contribution is 5.80. The van der Waals surface area contributed by atoms with Gasteiger partial charge in [-0.2, -0.15) is 0 Å². The Hall–Kier alpha value is -4.91. The van der Waals surface area contributed by atoms with Crippen molar-refractivity contribution in [3.8, 4) is 33.8 Å². The molecule has 0 saturated carbocycles. The lowest BCUT2D eigenvalue weighted by Gasteiger charge is -2.39. The molecule has 306 valence electrons. The average molecular weight is 785 g/mol. The van der Waals surface area contributed by atoms with Crippen LogP contribution in [0.25, 0.3) is 22.3 Å². The summed E-state index contributed by atoms with van der Waals surface area (Å²) < 4.78 is 37.5. The number of benzene rings is 4. The summed E-state index contributed by atoms with van der Waals surface area (Å²) in [6.45, 7) is 16.0. The standard InChI is InChI=1S/C20H22O4.C18H20O3.C8H14O4/c1-19(2)22-13-20(3,14-23-19)18(21)24-17-11-9-16(10-12-17)15-7-5-4-6-8-15;1-3-18(2,13-19)17(20)21-16-11-9-15(10-12-16)14-7-5-4-6-8-14;1-7(2)10-4-8(3,5-11-7)12-6-9/h4-12H,13-14H2,1-3H3;4-12,19H,3,13H2,1-2H3;6H,4-5H2,1-3H3. The molecule has 0 amide bonds. The quantitative estimate of drug-likeness (QED) is 0.0943. The van der Waals surface area contributed by atoms with E-state index in [9.17, 15) is 19.5 Å². The minimum atomic E-state index is -0.849. The van der Waals surface area contributed by atoms with Gasteiger partial charge in [-0.25, -0.2) is 0 Å². The van der Waals surface area contributed by atoms with Gasteiger partial charge in [0.1, 0.15) is 16.9 Å². The van der Waals surface area contributed by atoms with Crippen molar-refractivity contribution in [1.82, 2.24) is 0 Å². The zero-order valence-corrected chi connectivity index (χ0v) is 34.2. The first-order valence-electron chi connectivity index (χ1n) is 19.0. The second kappa shape index (κ2) is 19.5. The number of ether oxygens (including phenoxy) is 7. The molecule has 4 aromatic rings. The fraction of sp³-hybridized carbons (Fsp3) is 0.413. The van der Waals surface area contributed by atoms with Crippen molar-refractivity contribution in [2.45, 2.75) is 79.0 Å². The molecule has 1 atom stereocenters. The normalized spacial score (nSPS) is 18.4. The van der Waals surface area contributed by atoms with E-state index in [4.69, 9.17) is 33.2 Å². The zero-order chi connectivity index (χ0) is 41.7. The molecule has 57 heavy (non-hydrogen) atoms. The fourth-order valence-electron chi connectivity index (χ4n) is 5.26. The summed E-state index contributed by atoms with van der Waals surface area (Å²) in [5, 5.41) is 9.33. The number of carbonyl (C=O) groups excluding carboxylic acids is 3. The van der Waals surface area contributed by atoms with Crippen molar-refractivity contribution in [3.63, 3.8) is 0 Å². The summed E-state index contributed by atoms with van der Waals surface area (Å²) >= 11 is 0. The average Bonchev–Trinajstić information content (AvgIpc) is 3.22. The van der Waals surface area contributed by atoms with E-state index in [0.717, 1.165) is 22.3 Å². The largest absolute Gasteiger partial charge is 0.457 e. The first-order valence-corrected chi connectivity index (χ1v) is 19.0. The van der Waals surface area contributed by atoms with Crippen molar-refractivity contribution >= 4 is 18.4 Å². The Morgan fingerprint density at radius 2 is 1.02 bits per heavy atom. The summed E-state index contributed by atoms with van der Waals surface area (Å²) in [5.41, 5.74) is 2.11. The van der Waals surface area contributed by atoms with Gasteiger partial charge >= 0.3 is 11.9 Å². The van der Waals surface area contributed by atoms with Crippen LogP contribution in [0, 0.1) is 10.8 Å². The minimum Gasteiger partial charge on any atom is -0.457 e. The van der Waals surface area contributed by atoms with Gasteiger partial charge in [-0.15, -0.1) is 0 Å². The lowest BCUT2D eigenvalue weighted by atomic mass is 9.89. The van der Waals surface area contributed by atoms with Gasteiger partial charge in [0.2, 0.25) is 0 Å². The predicted octanol–water partition coefficient (Wildman–Crippen LogP) is 8.42. The van der Waals surface area contributed by atoms with Crippen LogP contribution in [0.3, 0.4) is 0 Å². The van der Waals surface area contributed by atoms with Crippen molar-refractivity contribution in [2.24, 2.45) is 10.8 Å². The van der Waals surface area contributed by atoms with E-state index >= 15 is 0 Å². The molecule has 11 heteroatoms. The van der Waals surface area contributed by atoms with Crippen LogP contribution < -0.4 is 9.47 Å². The lowest BCUT2D eigenvalue weighted by Crippen LogP contribution is -2.50. The number of hydrogen-bond donors (Lipinski definition) is 1. The maximum absolute atomic E-state index is 12.5. The van der Waals surface area contributed by atoms with Crippen molar-refractivity contribution in [3.05, 3.63) is 109 Å². The lowest BCUT2D eigenvalue weighted by molar-refractivity contribution is -0.298. The number of aliphatic hydroxyl groups is 1. The number of hydrogen-bond acceptors (Lipinski definition) is 11. The van der Waals surface area contributed by atoms with Crippen molar-refractivity contribution < 1.29 is 52.6 Å². The van der Waals surface area contributed by atoms with E-state index < -0.39 is 34.0 Å². The van der Waals surface area contributed by atoms with Gasteiger partial charge in [0.15, 0.2) is 17.2 Å². The van der Waals surface area contributed by atoms with E-state index in [-0.39, 0.29) is 25.8 Å². The Balaban J connectivity index is 0.000000200. The molecule has 11 nitrogen and oxygen atoms in total. The van der Waals surface area contributed by atoms with Crippen molar-refractivity contribution in [1.29, 1.82) is 0 Å². The summed E-state index contributed by atoms with van der Waals surface area (Å²) in [5.74, 6) is -0.952. The van der Waals surface area contributed by atoms with Gasteiger partial charge in [-0.1, -0.05) is 91.9 Å². The third-order valence-electron chi connectivity index (χ3n) is 9.72. The van der Waals surface area contributed by atoms with Crippen LogP contribution in [0.5, 0.6) is 11.5 Å². The first-order chi connectivity index (χ1) is 26.9. The zero-order valence-electron chi connectivity index (χ0n) is 34.2. The highest BCUT2D eigenvalue weighted by atomic mass is 16.7. The molecule has 0 bridgehead atoms. The Bertz CT molecular complexity index is 1850. The number of esters is 2. The molecular formula is C46H56O11. The van der Waals surface area contributed by atoms with Crippen LogP contribution in [0.2, 0.25) is 0 Å². The molecule has 0 spiro atoms. The fourth-order valence-corrected chi connectivity index (χ4v) is 5.26. The molecule has 0 aliphatic carbocycles. The maximum Gasteiger partial charge on any atom is 0.321 e. The molecule has 2 aliphatic rings. The Kier molecular flexibility index (Phi) is 15.3. The smallest absolute Gasteiger partial charge is 0.321 e. The molecule has 4 aromatic carbocycles. The molecular weight excluding hydrogens is 728 g/mol. The monoisotopic (exact) mass is 784 g/mol. The van der Waals surface area contributed by atoms with E-state index in [2.05, 4.69) is 0 Å². The summed E-state index contributed by atoms with van der Waals surface area (Å²) in [7, 11) is 0. The first kappa shape index (κ1) is 44.8. The highest BCUT2D eigenvalue weighted by Crippen LogP contribution is 2.32. The maximum atomic E-state index is 12.5. The van der Waals surface area contributed by atoms with E-state index in [1.165, 1.54) is 0 Å². The molecule has 2 aliphatic heterocycles. The molecule has 6 rings (SSSR count). The van der Waals surface area contributed by atoms with Crippen LogP contribution in [-0.2, 0) is 38.1 Å². The molecule has 2 heterocycles. The summed E-state index contributed by atoms with van der Waals surface area (Å²) in [6.07, 6.45) is 0.532. The number of carbonyl (C=O) groups is 3. The van der Waals surface area contributed by atoms with E-state index in [1.807, 2.05) is 120 Å². The van der Waals surface area contributed by atoms with Crippen LogP contribution in [-0.4, -0.2) is 73.7 Å². The van der Waals surface area contributed by atoms with Gasteiger partial charge < -0.3 is 38.3 Å². The molecule has 0 aromatic heterocycles. The molecule has 2 fully saturated rings. The van der Waals surface area contributed by atoms with Gasteiger partial charge in [-0.05, 0) is 101 Å². The SMILES string of the molecule is CC1(C)OCC(C)(C(=O)Oc2ccc(-c3ccccc3)cc2)CO1.CC1(OC=O)COC(C)(C)OC1.CCC(C)(CO)C(=O)Oc1ccc(-c2ccccc2)cc1. The predicted molar refractivity (Wildman–Crippen MR) is 216 cm³/mol. The van der Waals surface area contributed by atoms with E-state index in [1.54, 1.807) is 45.0 Å². The molecule has 2 saturated heterocycles. The molecule has 0 radical (unpaired) electrons. The second-order valence-electron chi connectivity index (χ2n) is 15.8. The van der Waals surface area contributed by atoms with Gasteiger partial charge in [0.25, 0.3) is 6.47 Å². The van der Waals surface area contributed by atoms with Crippen LogP contribution >= 0.6 is 0 Å². The third-order valence-corrected chi connectivity index (χ3v) is 9.72. The Morgan fingerprint density at radius 3 is 1.40 bits per heavy atom. The van der Waals surface area contributed by atoms with Crippen LogP contribution in [0.15, 0.2) is 109 Å². The topological polar surface area (TPSA) is 136 Å². The minimum absolute atomic E-state index is 0.218. The summed E-state index contributed by atoms with van der Waals surface area (Å²) in [6, 6.07) is 34.9. The van der Waals surface area contributed by atoms with Gasteiger partial charge in [0, 0.05) is 0 Å². The molecule has 1 N–H and O–H groups in total. The Morgan fingerprint density at radius 1 is 0.632 bits per heavy atom. The summed E-state index contributed by atoms with van der Waals surface area (Å²) in [4.78, 5) is 34.6. The van der Waals surface area contributed by atoms with Gasteiger partial charge in [-0.3, -0.25) is 14.4 Å². The molecule has 1 unspecified atom stereocenters. The second-order valence-corrected chi connectivity index (χ2v) is 15.8. The number of rotatable bonds is 10. The van der Waals surface area contributed by atoms with E-state index in [0.29, 0.717) is 37.6 Å². The third kappa shape index (κ3) is 13.1. The van der Waals surface area contributed by atoms with Crippen LogP contribution in [0.4, 0.5) is 0 Å². The Labute approximate surface area is 336 Å². The highest BCUT2D eigenvalue weighted by Gasteiger charge is 2.44. The van der Waals surface area contributed by atoms with Crippen molar-refractivity contribution in [2.75, 3.05) is 33.0 Å².